The minimum Gasteiger partial charge on any atom is -0.491 e. The number of hydrogen-bond acceptors (Lipinski definition) is 5. The number of hydrogen-bond donors (Lipinski definition) is 2. The van der Waals surface area contributed by atoms with E-state index in [1.807, 2.05) is 69.3 Å². The van der Waals surface area contributed by atoms with Gasteiger partial charge in [-0.1, -0.05) is 12.1 Å². The minimum atomic E-state index is -0.296. The van der Waals surface area contributed by atoms with E-state index in [9.17, 15) is 4.79 Å². The Morgan fingerprint density at radius 2 is 1.78 bits per heavy atom. The molecule has 1 heterocycles. The molecule has 3 rings (SSSR count). The molecule has 6 heteroatoms. The zero-order chi connectivity index (χ0) is 19.2. The fourth-order valence-electron chi connectivity index (χ4n) is 2.46. The Hall–Kier alpha value is -3.41. The maximum atomic E-state index is 12.3. The number of nitrogens with one attached hydrogen (secondary N) is 2. The standard InChI is InChI=1S/C21H22N4O2/c1-14(2)27-18-9-7-16(8-10-18)24-20-13-22-19(12-23-20)21(26)25-17-6-4-5-15(3)11-17/h4-14H,1-3H3,(H,23,24)(H,25,26). The molecule has 0 aliphatic rings. The van der Waals surface area contributed by atoms with Crippen LogP contribution in [0.4, 0.5) is 17.2 Å². The molecule has 6 nitrogen and oxygen atoms in total. The van der Waals surface area contributed by atoms with Gasteiger partial charge in [0.05, 0.1) is 18.5 Å². The van der Waals surface area contributed by atoms with Gasteiger partial charge in [0.2, 0.25) is 0 Å². The first kappa shape index (κ1) is 18.4. The topological polar surface area (TPSA) is 76.1 Å². The summed E-state index contributed by atoms with van der Waals surface area (Å²) >= 11 is 0. The Morgan fingerprint density at radius 1 is 1.00 bits per heavy atom. The molecule has 0 saturated heterocycles. The number of carbonyl (C=O) groups excluding carboxylic acids is 1. The summed E-state index contributed by atoms with van der Waals surface area (Å²) in [6.07, 6.45) is 3.11. The first-order valence-corrected chi connectivity index (χ1v) is 8.73. The Kier molecular flexibility index (Phi) is 5.66. The number of aryl methyl sites for hydroxylation is 1. The molecule has 0 aliphatic heterocycles. The number of rotatable bonds is 6. The molecule has 138 valence electrons. The number of benzene rings is 2. The van der Waals surface area contributed by atoms with Crippen molar-refractivity contribution in [1.82, 2.24) is 9.97 Å². The lowest BCUT2D eigenvalue weighted by molar-refractivity contribution is 0.102. The Balaban J connectivity index is 1.62. The second-order valence-electron chi connectivity index (χ2n) is 6.43. The third kappa shape index (κ3) is 5.28. The van der Waals surface area contributed by atoms with Crippen molar-refractivity contribution in [3.05, 3.63) is 72.2 Å². The molecule has 2 aromatic carbocycles. The van der Waals surface area contributed by atoms with E-state index in [1.54, 1.807) is 0 Å². The average Bonchev–Trinajstić information content (AvgIpc) is 2.63. The molecule has 0 atom stereocenters. The Bertz CT molecular complexity index is 906. The summed E-state index contributed by atoms with van der Waals surface area (Å²) in [6, 6.07) is 15.2. The molecule has 0 spiro atoms. The van der Waals surface area contributed by atoms with Crippen LogP contribution >= 0.6 is 0 Å². The van der Waals surface area contributed by atoms with Gasteiger partial charge in [-0.3, -0.25) is 4.79 Å². The predicted molar refractivity (Wildman–Crippen MR) is 107 cm³/mol. The molecule has 0 radical (unpaired) electrons. The largest absolute Gasteiger partial charge is 0.491 e. The highest BCUT2D eigenvalue weighted by atomic mass is 16.5. The number of amides is 1. The van der Waals surface area contributed by atoms with E-state index in [2.05, 4.69) is 20.6 Å². The van der Waals surface area contributed by atoms with Crippen molar-refractivity contribution in [2.75, 3.05) is 10.6 Å². The van der Waals surface area contributed by atoms with Gasteiger partial charge in [0.25, 0.3) is 5.91 Å². The summed E-state index contributed by atoms with van der Waals surface area (Å²) in [5.74, 6) is 1.07. The first-order chi connectivity index (χ1) is 13.0. The molecule has 0 fully saturated rings. The summed E-state index contributed by atoms with van der Waals surface area (Å²) < 4.78 is 5.62. The van der Waals surface area contributed by atoms with E-state index in [1.165, 1.54) is 12.4 Å². The van der Waals surface area contributed by atoms with E-state index in [4.69, 9.17) is 4.74 Å². The SMILES string of the molecule is Cc1cccc(NC(=O)c2cnc(Nc3ccc(OC(C)C)cc3)cn2)c1. The maximum Gasteiger partial charge on any atom is 0.275 e. The Labute approximate surface area is 158 Å². The van der Waals surface area contributed by atoms with Crippen LogP contribution in [0.5, 0.6) is 5.75 Å². The second-order valence-corrected chi connectivity index (χ2v) is 6.43. The summed E-state index contributed by atoms with van der Waals surface area (Å²) in [6.45, 7) is 5.94. The van der Waals surface area contributed by atoms with Gasteiger partial charge in [-0.15, -0.1) is 0 Å². The summed E-state index contributed by atoms with van der Waals surface area (Å²) in [5, 5.41) is 5.96. The van der Waals surface area contributed by atoms with Crippen molar-refractivity contribution in [2.45, 2.75) is 26.9 Å². The molecule has 0 saturated carbocycles. The molecule has 0 aliphatic carbocycles. The molecular weight excluding hydrogens is 340 g/mol. The van der Waals surface area contributed by atoms with Crippen LogP contribution in [0.3, 0.4) is 0 Å². The van der Waals surface area contributed by atoms with E-state index < -0.39 is 0 Å². The van der Waals surface area contributed by atoms with Gasteiger partial charge in [0.15, 0.2) is 0 Å². The van der Waals surface area contributed by atoms with Gasteiger partial charge in [-0.25, -0.2) is 9.97 Å². The predicted octanol–water partition coefficient (Wildman–Crippen LogP) is 4.57. The van der Waals surface area contributed by atoms with Crippen molar-refractivity contribution in [1.29, 1.82) is 0 Å². The van der Waals surface area contributed by atoms with Crippen molar-refractivity contribution in [3.63, 3.8) is 0 Å². The van der Waals surface area contributed by atoms with Gasteiger partial charge < -0.3 is 15.4 Å². The van der Waals surface area contributed by atoms with E-state index >= 15 is 0 Å². The Morgan fingerprint density at radius 3 is 2.41 bits per heavy atom. The van der Waals surface area contributed by atoms with Crippen molar-refractivity contribution >= 4 is 23.1 Å². The quantitative estimate of drug-likeness (QED) is 0.672. The lowest BCUT2D eigenvalue weighted by Gasteiger charge is -2.11. The smallest absolute Gasteiger partial charge is 0.275 e. The van der Waals surface area contributed by atoms with Crippen molar-refractivity contribution in [2.24, 2.45) is 0 Å². The minimum absolute atomic E-state index is 0.133. The normalized spacial score (nSPS) is 10.5. The third-order valence-corrected chi connectivity index (χ3v) is 3.66. The number of aromatic nitrogens is 2. The van der Waals surface area contributed by atoms with Crippen LogP contribution in [-0.2, 0) is 0 Å². The average molecular weight is 362 g/mol. The zero-order valence-corrected chi connectivity index (χ0v) is 15.6. The lowest BCUT2D eigenvalue weighted by Crippen LogP contribution is -2.14. The van der Waals surface area contributed by atoms with Crippen LogP contribution < -0.4 is 15.4 Å². The molecule has 1 amide bonds. The number of anilines is 3. The number of carbonyl (C=O) groups is 1. The molecular formula is C21H22N4O2. The summed E-state index contributed by atoms with van der Waals surface area (Å²) in [7, 11) is 0. The van der Waals surface area contributed by atoms with Crippen molar-refractivity contribution < 1.29 is 9.53 Å². The van der Waals surface area contributed by atoms with Crippen LogP contribution in [0.15, 0.2) is 60.9 Å². The second kappa shape index (κ2) is 8.31. The lowest BCUT2D eigenvalue weighted by atomic mass is 10.2. The van der Waals surface area contributed by atoms with E-state index in [-0.39, 0.29) is 17.7 Å². The highest BCUT2D eigenvalue weighted by molar-refractivity contribution is 6.02. The first-order valence-electron chi connectivity index (χ1n) is 8.73. The molecule has 27 heavy (non-hydrogen) atoms. The summed E-state index contributed by atoms with van der Waals surface area (Å²) in [5.41, 5.74) is 2.91. The van der Waals surface area contributed by atoms with Gasteiger partial charge in [-0.05, 0) is 62.7 Å². The molecule has 3 aromatic rings. The maximum absolute atomic E-state index is 12.3. The molecule has 0 bridgehead atoms. The van der Waals surface area contributed by atoms with Gasteiger partial charge in [0.1, 0.15) is 17.3 Å². The van der Waals surface area contributed by atoms with E-state index in [0.29, 0.717) is 5.82 Å². The van der Waals surface area contributed by atoms with Crippen LogP contribution in [0.2, 0.25) is 0 Å². The zero-order valence-electron chi connectivity index (χ0n) is 15.6. The fraction of sp³-hybridized carbons (Fsp3) is 0.190. The monoisotopic (exact) mass is 362 g/mol. The van der Waals surface area contributed by atoms with Crippen LogP contribution in [0.1, 0.15) is 29.9 Å². The molecule has 1 aromatic heterocycles. The van der Waals surface area contributed by atoms with Gasteiger partial charge in [-0.2, -0.15) is 0 Å². The van der Waals surface area contributed by atoms with Gasteiger partial charge in [0, 0.05) is 11.4 Å². The van der Waals surface area contributed by atoms with Gasteiger partial charge >= 0.3 is 0 Å². The number of ether oxygens (including phenoxy) is 1. The van der Waals surface area contributed by atoms with Crippen LogP contribution in [0.25, 0.3) is 0 Å². The van der Waals surface area contributed by atoms with Crippen LogP contribution in [-0.4, -0.2) is 22.0 Å². The third-order valence-electron chi connectivity index (χ3n) is 3.66. The highest BCUT2D eigenvalue weighted by Gasteiger charge is 2.09. The highest BCUT2D eigenvalue weighted by Crippen LogP contribution is 2.19. The molecule has 0 unspecified atom stereocenters. The number of nitrogens with zero attached hydrogens (tertiary/aromatic N) is 2. The fourth-order valence-corrected chi connectivity index (χ4v) is 2.46. The van der Waals surface area contributed by atoms with E-state index in [0.717, 1.165) is 22.7 Å². The van der Waals surface area contributed by atoms with Crippen LogP contribution in [0, 0.1) is 6.92 Å². The van der Waals surface area contributed by atoms with Crippen molar-refractivity contribution in [3.8, 4) is 5.75 Å². The summed E-state index contributed by atoms with van der Waals surface area (Å²) in [4.78, 5) is 20.7. The molecule has 2 N–H and O–H groups in total.